The average molecular weight is 274 g/mol. The Labute approximate surface area is 119 Å². The smallest absolute Gasteiger partial charge is 0.0550 e. The molecule has 0 aliphatic carbocycles. The molecule has 0 saturated carbocycles. The van der Waals surface area contributed by atoms with E-state index in [0.717, 1.165) is 23.1 Å². The van der Waals surface area contributed by atoms with Crippen molar-refractivity contribution in [1.82, 2.24) is 9.78 Å². The molecule has 0 unspecified atom stereocenters. The zero-order chi connectivity index (χ0) is 14.6. The van der Waals surface area contributed by atoms with E-state index < -0.39 is 5.41 Å². The molecule has 0 amide bonds. The Morgan fingerprint density at radius 2 is 1.90 bits per heavy atom. The maximum Gasteiger partial charge on any atom is 0.0550 e. The summed E-state index contributed by atoms with van der Waals surface area (Å²) in [6.07, 6.45) is 5.27. The highest BCUT2D eigenvalue weighted by molar-refractivity contribution is 5.34. The summed E-state index contributed by atoms with van der Waals surface area (Å²) in [7, 11) is 1.89. The molecule has 20 heavy (non-hydrogen) atoms. The van der Waals surface area contributed by atoms with Crippen LogP contribution in [0.4, 0.5) is 0 Å². The first-order chi connectivity index (χ1) is 9.61. The van der Waals surface area contributed by atoms with Crippen LogP contribution in [0, 0.1) is 6.92 Å². The zero-order valence-corrected chi connectivity index (χ0v) is 12.1. The topological polar surface area (TPSA) is 58.3 Å². The van der Waals surface area contributed by atoms with Gasteiger partial charge in [0.1, 0.15) is 0 Å². The molecule has 0 atom stereocenters. The fraction of sp³-hybridized carbons (Fsp3) is 0.438. The van der Waals surface area contributed by atoms with Crippen LogP contribution in [0.15, 0.2) is 36.7 Å². The second-order valence-corrected chi connectivity index (χ2v) is 5.43. The van der Waals surface area contributed by atoms with Gasteiger partial charge in [-0.25, -0.2) is 0 Å². The molecule has 1 heterocycles. The van der Waals surface area contributed by atoms with E-state index in [1.165, 1.54) is 0 Å². The number of aliphatic hydroxyl groups is 2. The van der Waals surface area contributed by atoms with E-state index >= 15 is 0 Å². The summed E-state index contributed by atoms with van der Waals surface area (Å²) in [5.74, 6) is 0. The van der Waals surface area contributed by atoms with Crippen molar-refractivity contribution in [1.29, 1.82) is 0 Å². The van der Waals surface area contributed by atoms with Gasteiger partial charge in [-0.15, -0.1) is 0 Å². The Kier molecular flexibility index (Phi) is 4.57. The highest BCUT2D eigenvalue weighted by Crippen LogP contribution is 2.31. The summed E-state index contributed by atoms with van der Waals surface area (Å²) >= 11 is 0. The van der Waals surface area contributed by atoms with E-state index in [9.17, 15) is 10.2 Å². The molecule has 0 bridgehead atoms. The molecule has 0 spiro atoms. The predicted octanol–water partition coefficient (Wildman–Crippen LogP) is 1.58. The minimum absolute atomic E-state index is 0.0609. The molecule has 2 aromatic rings. The maximum atomic E-state index is 9.86. The lowest BCUT2D eigenvalue weighted by atomic mass is 9.75. The maximum absolute atomic E-state index is 9.86. The summed E-state index contributed by atoms with van der Waals surface area (Å²) in [5.41, 5.74) is 2.64. The molecule has 0 aliphatic heterocycles. The SMILES string of the molecule is Cc1ccccc1C(CO)(CO)CCc1cnn(C)c1. The number of aromatic nitrogens is 2. The van der Waals surface area contributed by atoms with Gasteiger partial charge in [-0.05, 0) is 36.5 Å². The van der Waals surface area contributed by atoms with Crippen LogP contribution in [-0.4, -0.2) is 33.2 Å². The van der Waals surface area contributed by atoms with Gasteiger partial charge in [0.2, 0.25) is 0 Å². The standard InChI is InChI=1S/C16H22N2O2/c1-13-5-3-4-6-15(13)16(11-19,12-20)8-7-14-9-17-18(2)10-14/h3-6,9-10,19-20H,7-8,11-12H2,1-2H3. The first kappa shape index (κ1) is 14.8. The van der Waals surface area contributed by atoms with Crippen molar-refractivity contribution in [3.05, 3.63) is 53.3 Å². The summed E-state index contributed by atoms with van der Waals surface area (Å²) in [6.45, 7) is 1.89. The highest BCUT2D eigenvalue weighted by atomic mass is 16.3. The van der Waals surface area contributed by atoms with Crippen LogP contribution in [0.5, 0.6) is 0 Å². The molecule has 108 valence electrons. The molecule has 0 saturated heterocycles. The molecule has 0 aliphatic rings. The van der Waals surface area contributed by atoms with Crippen molar-refractivity contribution in [3.63, 3.8) is 0 Å². The summed E-state index contributed by atoms with van der Waals surface area (Å²) in [6, 6.07) is 7.93. The lowest BCUT2D eigenvalue weighted by Crippen LogP contribution is -2.36. The van der Waals surface area contributed by atoms with Gasteiger partial charge in [0, 0.05) is 18.7 Å². The number of aryl methyl sites for hydroxylation is 3. The van der Waals surface area contributed by atoms with Gasteiger partial charge in [-0.1, -0.05) is 24.3 Å². The lowest BCUT2D eigenvalue weighted by Gasteiger charge is -2.31. The number of hydrogen-bond donors (Lipinski definition) is 2. The van der Waals surface area contributed by atoms with E-state index in [1.807, 2.05) is 50.6 Å². The van der Waals surface area contributed by atoms with Crippen molar-refractivity contribution >= 4 is 0 Å². The van der Waals surface area contributed by atoms with Gasteiger partial charge < -0.3 is 10.2 Å². The van der Waals surface area contributed by atoms with Gasteiger partial charge in [0.25, 0.3) is 0 Å². The molecular weight excluding hydrogens is 252 g/mol. The number of rotatable bonds is 6. The number of benzene rings is 1. The van der Waals surface area contributed by atoms with Gasteiger partial charge in [0.15, 0.2) is 0 Å². The molecular formula is C16H22N2O2. The minimum atomic E-state index is -0.596. The van der Waals surface area contributed by atoms with Gasteiger partial charge in [-0.2, -0.15) is 5.10 Å². The van der Waals surface area contributed by atoms with Crippen LogP contribution in [0.3, 0.4) is 0 Å². The van der Waals surface area contributed by atoms with E-state index in [1.54, 1.807) is 4.68 Å². The van der Waals surface area contributed by atoms with Gasteiger partial charge >= 0.3 is 0 Å². The van der Waals surface area contributed by atoms with Crippen LogP contribution in [0.25, 0.3) is 0 Å². The van der Waals surface area contributed by atoms with Gasteiger partial charge in [-0.3, -0.25) is 4.68 Å². The van der Waals surface area contributed by atoms with Crippen molar-refractivity contribution in [2.24, 2.45) is 7.05 Å². The number of aliphatic hydroxyl groups excluding tert-OH is 2. The van der Waals surface area contributed by atoms with Crippen LogP contribution in [-0.2, 0) is 18.9 Å². The Morgan fingerprint density at radius 3 is 2.45 bits per heavy atom. The third-order valence-electron chi connectivity index (χ3n) is 3.97. The van der Waals surface area contributed by atoms with E-state index in [0.29, 0.717) is 6.42 Å². The molecule has 2 rings (SSSR count). The first-order valence-corrected chi connectivity index (χ1v) is 6.86. The third-order valence-corrected chi connectivity index (χ3v) is 3.97. The fourth-order valence-electron chi connectivity index (χ4n) is 2.67. The Morgan fingerprint density at radius 1 is 1.20 bits per heavy atom. The van der Waals surface area contributed by atoms with E-state index in [4.69, 9.17) is 0 Å². The second kappa shape index (κ2) is 6.20. The van der Waals surface area contributed by atoms with Crippen LogP contribution < -0.4 is 0 Å². The normalized spacial score (nSPS) is 11.8. The van der Waals surface area contributed by atoms with E-state index in [-0.39, 0.29) is 13.2 Å². The van der Waals surface area contributed by atoms with E-state index in [2.05, 4.69) is 5.10 Å². The molecule has 1 aromatic heterocycles. The zero-order valence-electron chi connectivity index (χ0n) is 12.1. The molecule has 1 aromatic carbocycles. The van der Waals surface area contributed by atoms with Crippen LogP contribution in [0.1, 0.15) is 23.1 Å². The number of nitrogens with zero attached hydrogens (tertiary/aromatic N) is 2. The third kappa shape index (κ3) is 2.92. The Hall–Kier alpha value is -1.65. The lowest BCUT2D eigenvalue weighted by molar-refractivity contribution is 0.109. The molecule has 4 nitrogen and oxygen atoms in total. The largest absolute Gasteiger partial charge is 0.395 e. The summed E-state index contributed by atoms with van der Waals surface area (Å²) in [4.78, 5) is 0. The van der Waals surface area contributed by atoms with Crippen LogP contribution in [0.2, 0.25) is 0 Å². The summed E-state index contributed by atoms with van der Waals surface area (Å²) < 4.78 is 1.77. The monoisotopic (exact) mass is 274 g/mol. The molecule has 4 heteroatoms. The minimum Gasteiger partial charge on any atom is -0.395 e. The summed E-state index contributed by atoms with van der Waals surface area (Å²) in [5, 5.41) is 23.9. The quantitative estimate of drug-likeness (QED) is 0.841. The molecule has 0 radical (unpaired) electrons. The molecule has 0 fully saturated rings. The van der Waals surface area contributed by atoms with Crippen molar-refractivity contribution in [3.8, 4) is 0 Å². The van der Waals surface area contributed by atoms with Crippen molar-refractivity contribution in [2.45, 2.75) is 25.2 Å². The van der Waals surface area contributed by atoms with Crippen molar-refractivity contribution in [2.75, 3.05) is 13.2 Å². The Bertz CT molecular complexity index is 559. The molecule has 2 N–H and O–H groups in total. The van der Waals surface area contributed by atoms with Crippen molar-refractivity contribution < 1.29 is 10.2 Å². The predicted molar refractivity (Wildman–Crippen MR) is 78.6 cm³/mol. The Balaban J connectivity index is 2.23. The fourth-order valence-corrected chi connectivity index (χ4v) is 2.67. The highest BCUT2D eigenvalue weighted by Gasteiger charge is 2.32. The second-order valence-electron chi connectivity index (χ2n) is 5.43. The number of hydrogen-bond acceptors (Lipinski definition) is 3. The van der Waals surface area contributed by atoms with Crippen LogP contribution >= 0.6 is 0 Å². The van der Waals surface area contributed by atoms with Gasteiger partial charge in [0.05, 0.1) is 19.4 Å². The average Bonchev–Trinajstić information content (AvgIpc) is 2.88. The first-order valence-electron chi connectivity index (χ1n) is 6.86.